The summed E-state index contributed by atoms with van der Waals surface area (Å²) in [6, 6.07) is 6.97. The average Bonchev–Trinajstić information content (AvgIpc) is 2.76. The molecule has 0 saturated carbocycles. The van der Waals surface area contributed by atoms with Crippen LogP contribution in [-0.4, -0.2) is 23.5 Å². The minimum absolute atomic E-state index is 0.322. The number of carbonyl (C=O) groups is 1. The van der Waals surface area contributed by atoms with E-state index in [9.17, 15) is 4.79 Å². The Labute approximate surface area is 98.1 Å². The number of benzene rings is 1. The van der Waals surface area contributed by atoms with Crippen molar-refractivity contribution in [2.75, 3.05) is 6.61 Å². The van der Waals surface area contributed by atoms with Gasteiger partial charge in [-0.05, 0) is 13.0 Å². The molecule has 0 spiro atoms. The number of nitrogens with one attached hydrogen (secondary N) is 2. The van der Waals surface area contributed by atoms with Gasteiger partial charge in [-0.25, -0.2) is 21.3 Å². The van der Waals surface area contributed by atoms with Crippen LogP contribution < -0.4 is 16.9 Å². The molecule has 1 heterocycles. The van der Waals surface area contributed by atoms with Gasteiger partial charge < -0.3 is 4.74 Å². The Hall–Kier alpha value is -2.12. The van der Waals surface area contributed by atoms with Crippen LogP contribution in [0.25, 0.3) is 0 Å². The summed E-state index contributed by atoms with van der Waals surface area (Å²) in [6.07, 6.45) is 0. The Bertz CT molecular complexity index is 460. The number of ether oxygens (including phenoxy) is 1. The third-order valence-electron chi connectivity index (χ3n) is 2.22. The second-order valence-corrected chi connectivity index (χ2v) is 3.30. The summed E-state index contributed by atoms with van der Waals surface area (Å²) in [5.74, 6) is 5.66. The SMILES string of the molecule is CCOC(=O)c1ccccc1C1=NNNN1N. The van der Waals surface area contributed by atoms with Gasteiger partial charge in [0, 0.05) is 5.56 Å². The van der Waals surface area contributed by atoms with Gasteiger partial charge in [0.05, 0.1) is 12.2 Å². The van der Waals surface area contributed by atoms with E-state index < -0.39 is 5.97 Å². The Morgan fingerprint density at radius 3 is 2.94 bits per heavy atom. The predicted molar refractivity (Wildman–Crippen MR) is 61.2 cm³/mol. The van der Waals surface area contributed by atoms with E-state index in [0.717, 1.165) is 0 Å². The Kier molecular flexibility index (Phi) is 3.22. The highest BCUT2D eigenvalue weighted by atomic mass is 16.5. The van der Waals surface area contributed by atoms with Gasteiger partial charge in [-0.1, -0.05) is 18.2 Å². The van der Waals surface area contributed by atoms with Crippen LogP contribution in [0.1, 0.15) is 22.8 Å². The van der Waals surface area contributed by atoms with Crippen molar-refractivity contribution >= 4 is 11.8 Å². The van der Waals surface area contributed by atoms with E-state index in [4.69, 9.17) is 10.6 Å². The van der Waals surface area contributed by atoms with Gasteiger partial charge in [0.15, 0.2) is 5.84 Å². The highest BCUT2D eigenvalue weighted by Gasteiger charge is 2.21. The largest absolute Gasteiger partial charge is 0.462 e. The third kappa shape index (κ3) is 2.19. The molecule has 0 unspecified atom stereocenters. The van der Waals surface area contributed by atoms with E-state index in [1.807, 2.05) is 0 Å². The van der Waals surface area contributed by atoms with Gasteiger partial charge in [0.2, 0.25) is 0 Å². The summed E-state index contributed by atoms with van der Waals surface area (Å²) >= 11 is 0. The fourth-order valence-electron chi connectivity index (χ4n) is 1.49. The van der Waals surface area contributed by atoms with Crippen LogP contribution in [0.4, 0.5) is 0 Å². The van der Waals surface area contributed by atoms with E-state index in [2.05, 4.69) is 16.2 Å². The summed E-state index contributed by atoms with van der Waals surface area (Å²) in [5, 5.41) is 5.13. The number of nitrogens with zero attached hydrogens (tertiary/aromatic N) is 2. The van der Waals surface area contributed by atoms with E-state index >= 15 is 0 Å². The lowest BCUT2D eigenvalue weighted by Crippen LogP contribution is -2.46. The normalized spacial score (nSPS) is 14.2. The van der Waals surface area contributed by atoms with Gasteiger partial charge in [-0.3, -0.25) is 0 Å². The van der Waals surface area contributed by atoms with E-state index in [0.29, 0.717) is 23.6 Å². The first-order chi connectivity index (χ1) is 8.24. The van der Waals surface area contributed by atoms with Crippen LogP contribution >= 0.6 is 0 Å². The minimum atomic E-state index is -0.397. The number of hydrogen-bond acceptors (Lipinski definition) is 7. The predicted octanol–water partition coefficient (Wildman–Crippen LogP) is -0.277. The van der Waals surface area contributed by atoms with Crippen molar-refractivity contribution in [3.63, 3.8) is 0 Å². The van der Waals surface area contributed by atoms with Gasteiger partial charge in [0.25, 0.3) is 0 Å². The number of esters is 1. The summed E-state index contributed by atoms with van der Waals surface area (Å²) < 4.78 is 4.97. The zero-order valence-electron chi connectivity index (χ0n) is 9.30. The first-order valence-corrected chi connectivity index (χ1v) is 5.13. The van der Waals surface area contributed by atoms with E-state index in [1.54, 1.807) is 31.2 Å². The standard InChI is InChI=1S/C10H13N5O2/c1-2-17-10(16)8-6-4-3-5-7(8)9-12-13-14-15(9)11/h3-6,13-14H,2,11H2,1H3. The maximum Gasteiger partial charge on any atom is 0.338 e. The molecule has 0 amide bonds. The van der Waals surface area contributed by atoms with Crippen LogP contribution in [-0.2, 0) is 4.74 Å². The second-order valence-electron chi connectivity index (χ2n) is 3.30. The number of hydrazine groups is 3. The van der Waals surface area contributed by atoms with E-state index in [-0.39, 0.29) is 0 Å². The molecule has 0 aromatic heterocycles. The lowest BCUT2D eigenvalue weighted by atomic mass is 10.1. The molecule has 1 aliphatic heterocycles. The molecule has 1 aromatic rings. The van der Waals surface area contributed by atoms with Crippen molar-refractivity contribution < 1.29 is 9.53 Å². The van der Waals surface area contributed by atoms with Crippen molar-refractivity contribution in [3.8, 4) is 0 Å². The van der Waals surface area contributed by atoms with Crippen LogP contribution in [0, 0.1) is 0 Å². The number of hydrazone groups is 1. The number of amidine groups is 1. The molecule has 17 heavy (non-hydrogen) atoms. The molecule has 0 atom stereocenters. The Morgan fingerprint density at radius 1 is 1.53 bits per heavy atom. The minimum Gasteiger partial charge on any atom is -0.462 e. The van der Waals surface area contributed by atoms with Crippen molar-refractivity contribution in [1.82, 2.24) is 16.2 Å². The fourth-order valence-corrected chi connectivity index (χ4v) is 1.49. The molecule has 1 aliphatic rings. The van der Waals surface area contributed by atoms with Crippen molar-refractivity contribution in [2.45, 2.75) is 6.92 Å². The molecule has 1 aromatic carbocycles. The van der Waals surface area contributed by atoms with Crippen LogP contribution in [0.15, 0.2) is 29.4 Å². The third-order valence-corrected chi connectivity index (χ3v) is 2.22. The molecule has 0 bridgehead atoms. The second kappa shape index (κ2) is 4.81. The fraction of sp³-hybridized carbons (Fsp3) is 0.200. The lowest BCUT2D eigenvalue weighted by Gasteiger charge is -2.13. The first kappa shape index (κ1) is 11.4. The zero-order chi connectivity index (χ0) is 12.3. The maximum atomic E-state index is 11.8. The van der Waals surface area contributed by atoms with Gasteiger partial charge in [-0.2, -0.15) is 0 Å². The van der Waals surface area contributed by atoms with Crippen LogP contribution in [0.2, 0.25) is 0 Å². The summed E-state index contributed by atoms with van der Waals surface area (Å²) in [6.45, 7) is 2.08. The molecular weight excluding hydrogens is 222 g/mol. The molecule has 2 rings (SSSR count). The molecule has 0 fully saturated rings. The molecule has 0 radical (unpaired) electrons. The molecule has 7 heteroatoms. The highest BCUT2D eigenvalue weighted by Crippen LogP contribution is 2.13. The molecule has 7 nitrogen and oxygen atoms in total. The van der Waals surface area contributed by atoms with Crippen molar-refractivity contribution in [2.24, 2.45) is 10.9 Å². The maximum absolute atomic E-state index is 11.8. The average molecular weight is 235 g/mol. The number of hydrogen-bond donors (Lipinski definition) is 3. The first-order valence-electron chi connectivity index (χ1n) is 5.13. The molecule has 4 N–H and O–H groups in total. The lowest BCUT2D eigenvalue weighted by molar-refractivity contribution is 0.0526. The van der Waals surface area contributed by atoms with Crippen molar-refractivity contribution in [1.29, 1.82) is 0 Å². The number of carbonyl (C=O) groups excluding carboxylic acids is 1. The smallest absolute Gasteiger partial charge is 0.338 e. The van der Waals surface area contributed by atoms with Gasteiger partial charge in [0.1, 0.15) is 0 Å². The topological polar surface area (TPSA) is 92.0 Å². The summed E-state index contributed by atoms with van der Waals surface area (Å²) in [4.78, 5) is 11.8. The van der Waals surface area contributed by atoms with Crippen LogP contribution in [0.3, 0.4) is 0 Å². The highest BCUT2D eigenvalue weighted by molar-refractivity contribution is 6.07. The molecular formula is C10H13N5O2. The van der Waals surface area contributed by atoms with Crippen molar-refractivity contribution in [3.05, 3.63) is 35.4 Å². The molecule has 90 valence electrons. The molecule has 0 aliphatic carbocycles. The monoisotopic (exact) mass is 235 g/mol. The summed E-state index contributed by atoms with van der Waals surface area (Å²) in [7, 11) is 0. The number of nitrogens with two attached hydrogens (primary N) is 1. The van der Waals surface area contributed by atoms with E-state index in [1.165, 1.54) is 5.12 Å². The molecule has 0 saturated heterocycles. The van der Waals surface area contributed by atoms with Gasteiger partial charge >= 0.3 is 5.97 Å². The Morgan fingerprint density at radius 2 is 2.29 bits per heavy atom. The summed E-state index contributed by atoms with van der Waals surface area (Å²) in [5.41, 5.74) is 6.10. The quantitative estimate of drug-likeness (QED) is 0.493. The zero-order valence-corrected chi connectivity index (χ0v) is 9.30. The van der Waals surface area contributed by atoms with Gasteiger partial charge in [-0.15, -0.1) is 10.6 Å². The Balaban J connectivity index is 2.37. The number of rotatable bonds is 3. The van der Waals surface area contributed by atoms with Crippen LogP contribution in [0.5, 0.6) is 0 Å².